The maximum Gasteiger partial charge on any atom is 0.237 e. The summed E-state index contributed by atoms with van der Waals surface area (Å²) in [6.07, 6.45) is 8.78. The minimum Gasteiger partial charge on any atom is -0.396 e. The lowest BCUT2D eigenvalue weighted by Gasteiger charge is -2.41. The zero-order valence-electron chi connectivity index (χ0n) is 13.0. The summed E-state index contributed by atoms with van der Waals surface area (Å²) in [6, 6.07) is 0.498. The first-order chi connectivity index (χ1) is 9.58. The molecule has 20 heavy (non-hydrogen) atoms. The smallest absolute Gasteiger partial charge is 0.237 e. The number of fused-ring (bicyclic) bond motifs is 1. The quantitative estimate of drug-likeness (QED) is 0.722. The zero-order valence-corrected chi connectivity index (χ0v) is 13.0. The summed E-state index contributed by atoms with van der Waals surface area (Å²) < 4.78 is 0. The second-order valence-electron chi connectivity index (χ2n) is 6.82. The molecule has 4 nitrogen and oxygen atoms in total. The van der Waals surface area contributed by atoms with Gasteiger partial charge in [-0.15, -0.1) is 0 Å². The molecule has 3 N–H and O–H groups in total. The zero-order chi connectivity index (χ0) is 14.6. The van der Waals surface area contributed by atoms with Gasteiger partial charge in [0.1, 0.15) is 0 Å². The van der Waals surface area contributed by atoms with Crippen molar-refractivity contribution in [1.29, 1.82) is 0 Å². The maximum absolute atomic E-state index is 12.5. The molecular formula is C16H30N2O2. The van der Waals surface area contributed by atoms with Crippen LogP contribution in [0.2, 0.25) is 0 Å². The van der Waals surface area contributed by atoms with E-state index in [9.17, 15) is 4.79 Å². The summed E-state index contributed by atoms with van der Waals surface area (Å²) in [5.74, 6) is 0.898. The van der Waals surface area contributed by atoms with E-state index >= 15 is 0 Å². The maximum atomic E-state index is 12.5. The predicted molar refractivity (Wildman–Crippen MR) is 80.4 cm³/mol. The Balaban J connectivity index is 1.89. The Morgan fingerprint density at radius 1 is 1.30 bits per heavy atom. The molecule has 116 valence electrons. The topological polar surface area (TPSA) is 61.4 Å². The number of aliphatic hydroxyl groups is 1. The summed E-state index contributed by atoms with van der Waals surface area (Å²) in [6.45, 7) is 4.20. The SMILES string of the molecule is CCC(C)(CCO)NC(=O)C1CCC2CCCCC2N1. The first-order valence-electron chi connectivity index (χ1n) is 8.27. The highest BCUT2D eigenvalue weighted by molar-refractivity contribution is 5.82. The minimum atomic E-state index is -0.281. The van der Waals surface area contributed by atoms with E-state index < -0.39 is 0 Å². The third-order valence-electron chi connectivity index (χ3n) is 5.34. The Labute approximate surface area is 122 Å². The molecule has 1 aliphatic heterocycles. The normalized spacial score (nSPS) is 33.0. The lowest BCUT2D eigenvalue weighted by atomic mass is 9.77. The Hall–Kier alpha value is -0.610. The molecule has 4 unspecified atom stereocenters. The van der Waals surface area contributed by atoms with Crippen molar-refractivity contribution in [3.63, 3.8) is 0 Å². The van der Waals surface area contributed by atoms with Crippen LogP contribution < -0.4 is 10.6 Å². The van der Waals surface area contributed by atoms with E-state index in [1.807, 2.05) is 6.92 Å². The average Bonchev–Trinajstić information content (AvgIpc) is 2.47. The van der Waals surface area contributed by atoms with Gasteiger partial charge in [0.15, 0.2) is 0 Å². The van der Waals surface area contributed by atoms with Crippen LogP contribution in [0.15, 0.2) is 0 Å². The number of carbonyl (C=O) groups is 1. The molecule has 1 saturated carbocycles. The fourth-order valence-corrected chi connectivity index (χ4v) is 3.66. The van der Waals surface area contributed by atoms with Crippen LogP contribution >= 0.6 is 0 Å². The van der Waals surface area contributed by atoms with E-state index in [0.717, 1.165) is 18.8 Å². The summed E-state index contributed by atoms with van der Waals surface area (Å²) >= 11 is 0. The van der Waals surface area contributed by atoms with Gasteiger partial charge in [0.2, 0.25) is 5.91 Å². The first kappa shape index (κ1) is 15.8. The predicted octanol–water partition coefficient (Wildman–Crippen LogP) is 1.96. The molecule has 2 fully saturated rings. The van der Waals surface area contributed by atoms with Crippen molar-refractivity contribution in [2.45, 2.75) is 82.8 Å². The van der Waals surface area contributed by atoms with Gasteiger partial charge in [0.05, 0.1) is 6.04 Å². The Bertz CT molecular complexity index is 334. The third-order valence-corrected chi connectivity index (χ3v) is 5.34. The second kappa shape index (κ2) is 6.90. The third kappa shape index (κ3) is 3.73. The fourth-order valence-electron chi connectivity index (χ4n) is 3.66. The number of rotatable bonds is 5. The van der Waals surface area contributed by atoms with Crippen molar-refractivity contribution < 1.29 is 9.90 Å². The highest BCUT2D eigenvalue weighted by Crippen LogP contribution is 2.32. The summed E-state index contributed by atoms with van der Waals surface area (Å²) in [5, 5.41) is 15.9. The van der Waals surface area contributed by atoms with Gasteiger partial charge in [-0.05, 0) is 51.4 Å². The van der Waals surface area contributed by atoms with E-state index in [0.29, 0.717) is 12.5 Å². The lowest BCUT2D eigenvalue weighted by molar-refractivity contribution is -0.126. The van der Waals surface area contributed by atoms with Crippen LogP contribution in [0.25, 0.3) is 0 Å². The van der Waals surface area contributed by atoms with E-state index in [4.69, 9.17) is 5.11 Å². The van der Waals surface area contributed by atoms with Crippen molar-refractivity contribution in [3.8, 4) is 0 Å². The fraction of sp³-hybridized carbons (Fsp3) is 0.938. The van der Waals surface area contributed by atoms with Crippen LogP contribution in [0.3, 0.4) is 0 Å². The first-order valence-corrected chi connectivity index (χ1v) is 8.27. The number of carbonyl (C=O) groups excluding carboxylic acids is 1. The number of nitrogens with one attached hydrogen (secondary N) is 2. The molecule has 0 aromatic heterocycles. The Kier molecular flexibility index (Phi) is 5.44. The van der Waals surface area contributed by atoms with E-state index in [2.05, 4.69) is 17.6 Å². The van der Waals surface area contributed by atoms with Crippen molar-refractivity contribution >= 4 is 5.91 Å². The van der Waals surface area contributed by atoms with Crippen LogP contribution in [0.5, 0.6) is 0 Å². The van der Waals surface area contributed by atoms with Gasteiger partial charge in [0.25, 0.3) is 0 Å². The van der Waals surface area contributed by atoms with Crippen LogP contribution in [0, 0.1) is 5.92 Å². The molecule has 0 aromatic carbocycles. The molecule has 1 heterocycles. The molecule has 0 spiro atoms. The van der Waals surface area contributed by atoms with Crippen LogP contribution in [0.1, 0.15) is 65.2 Å². The van der Waals surface area contributed by atoms with Gasteiger partial charge < -0.3 is 15.7 Å². The van der Waals surface area contributed by atoms with Crippen LogP contribution in [-0.4, -0.2) is 35.2 Å². The molecule has 0 aromatic rings. The molecular weight excluding hydrogens is 252 g/mol. The lowest BCUT2D eigenvalue weighted by Crippen LogP contribution is -2.58. The second-order valence-corrected chi connectivity index (χ2v) is 6.82. The van der Waals surface area contributed by atoms with Gasteiger partial charge in [-0.2, -0.15) is 0 Å². The molecule has 4 heteroatoms. The Morgan fingerprint density at radius 3 is 2.75 bits per heavy atom. The number of amides is 1. The molecule has 1 aliphatic carbocycles. The van der Waals surface area contributed by atoms with Gasteiger partial charge >= 0.3 is 0 Å². The molecule has 2 rings (SSSR count). The number of aliphatic hydroxyl groups excluding tert-OH is 1. The van der Waals surface area contributed by atoms with E-state index in [-0.39, 0.29) is 24.1 Å². The average molecular weight is 282 g/mol. The van der Waals surface area contributed by atoms with E-state index in [1.165, 1.54) is 32.1 Å². The molecule has 1 saturated heterocycles. The van der Waals surface area contributed by atoms with Crippen molar-refractivity contribution in [3.05, 3.63) is 0 Å². The van der Waals surface area contributed by atoms with Crippen molar-refractivity contribution in [2.75, 3.05) is 6.61 Å². The van der Waals surface area contributed by atoms with Crippen LogP contribution in [-0.2, 0) is 4.79 Å². The molecule has 0 bridgehead atoms. The number of hydrogen-bond acceptors (Lipinski definition) is 3. The molecule has 1 amide bonds. The van der Waals surface area contributed by atoms with Crippen molar-refractivity contribution in [2.24, 2.45) is 5.92 Å². The number of piperidine rings is 1. The monoisotopic (exact) mass is 282 g/mol. The Morgan fingerprint density at radius 2 is 2.05 bits per heavy atom. The molecule has 0 radical (unpaired) electrons. The van der Waals surface area contributed by atoms with E-state index in [1.54, 1.807) is 0 Å². The summed E-state index contributed by atoms with van der Waals surface area (Å²) in [7, 11) is 0. The van der Waals surface area contributed by atoms with Gasteiger partial charge in [-0.3, -0.25) is 4.79 Å². The van der Waals surface area contributed by atoms with Crippen LogP contribution in [0.4, 0.5) is 0 Å². The minimum absolute atomic E-state index is 0.0427. The standard InChI is InChI=1S/C16H30N2O2/c1-3-16(2,10-11-19)18-15(20)14-9-8-12-6-4-5-7-13(12)17-14/h12-14,17,19H,3-11H2,1-2H3,(H,18,20). The molecule has 2 aliphatic rings. The highest BCUT2D eigenvalue weighted by Gasteiger charge is 2.36. The summed E-state index contributed by atoms with van der Waals surface area (Å²) in [4.78, 5) is 12.5. The van der Waals surface area contributed by atoms with Gasteiger partial charge in [-0.25, -0.2) is 0 Å². The van der Waals surface area contributed by atoms with Gasteiger partial charge in [0, 0.05) is 18.2 Å². The van der Waals surface area contributed by atoms with Crippen molar-refractivity contribution in [1.82, 2.24) is 10.6 Å². The number of hydrogen-bond donors (Lipinski definition) is 3. The molecule has 4 atom stereocenters. The summed E-state index contributed by atoms with van der Waals surface area (Å²) in [5.41, 5.74) is -0.281. The highest BCUT2D eigenvalue weighted by atomic mass is 16.3. The van der Waals surface area contributed by atoms with Gasteiger partial charge in [-0.1, -0.05) is 19.8 Å². The largest absolute Gasteiger partial charge is 0.396 e.